The van der Waals surface area contributed by atoms with Crippen LogP contribution in [0.15, 0.2) is 18.2 Å². The number of likely N-dealkylation sites (tertiary alicyclic amines) is 1. The predicted octanol–water partition coefficient (Wildman–Crippen LogP) is 2.46. The fraction of sp³-hybridized carbons (Fsp3) is 0.571. The molecule has 6 nitrogen and oxygen atoms in total. The van der Waals surface area contributed by atoms with Gasteiger partial charge in [0.25, 0.3) is 0 Å². The Hall–Kier alpha value is -2.37. The van der Waals surface area contributed by atoms with Crippen molar-refractivity contribution in [3.8, 4) is 0 Å². The first-order chi connectivity index (χ1) is 12.9. The molecule has 2 fully saturated rings. The summed E-state index contributed by atoms with van der Waals surface area (Å²) in [5.74, 6) is -0.871. The van der Waals surface area contributed by atoms with Crippen LogP contribution in [0.3, 0.4) is 0 Å². The van der Waals surface area contributed by atoms with Crippen LogP contribution in [-0.2, 0) is 19.1 Å². The molecule has 0 aromatic heterocycles. The number of benzene rings is 1. The second-order valence-electron chi connectivity index (χ2n) is 7.55. The Morgan fingerprint density at radius 2 is 1.93 bits per heavy atom. The minimum Gasteiger partial charge on any atom is -0.466 e. The van der Waals surface area contributed by atoms with Gasteiger partial charge in [-0.2, -0.15) is 0 Å². The Balaban J connectivity index is 1.66. The maximum Gasteiger partial charge on any atom is 0.310 e. The van der Waals surface area contributed by atoms with Gasteiger partial charge in [0.2, 0.25) is 11.8 Å². The van der Waals surface area contributed by atoms with Crippen LogP contribution < -0.4 is 4.90 Å². The summed E-state index contributed by atoms with van der Waals surface area (Å²) in [7, 11) is 0. The minimum absolute atomic E-state index is 0.0180. The number of carbonyl (C=O) groups excluding carboxylic acids is 3. The third-order valence-corrected chi connectivity index (χ3v) is 5.63. The number of hydrogen-bond acceptors (Lipinski definition) is 4. The lowest BCUT2D eigenvalue weighted by atomic mass is 9.96. The highest BCUT2D eigenvalue weighted by molar-refractivity contribution is 6.00. The zero-order chi connectivity index (χ0) is 19.6. The SMILES string of the molecule is CCOC(=O)C1CCCN(C(=O)C2CC(=O)N(c3ccc(C)c(C)c3)C2)C1. The predicted molar refractivity (Wildman–Crippen MR) is 102 cm³/mol. The van der Waals surface area contributed by atoms with E-state index in [0.29, 0.717) is 26.2 Å². The molecular formula is C21H28N2O4. The van der Waals surface area contributed by atoms with Gasteiger partial charge in [0.15, 0.2) is 0 Å². The molecule has 1 aromatic carbocycles. The number of piperidine rings is 1. The first-order valence-electron chi connectivity index (χ1n) is 9.73. The fourth-order valence-electron chi connectivity index (χ4n) is 3.90. The largest absolute Gasteiger partial charge is 0.466 e. The summed E-state index contributed by atoms with van der Waals surface area (Å²) < 4.78 is 5.11. The van der Waals surface area contributed by atoms with Crippen molar-refractivity contribution in [1.29, 1.82) is 0 Å². The molecule has 0 aliphatic carbocycles. The first-order valence-corrected chi connectivity index (χ1v) is 9.73. The Bertz CT molecular complexity index is 746. The van der Waals surface area contributed by atoms with Crippen LogP contribution in [0.5, 0.6) is 0 Å². The topological polar surface area (TPSA) is 66.9 Å². The molecule has 2 atom stereocenters. The van der Waals surface area contributed by atoms with Gasteiger partial charge in [0.1, 0.15) is 0 Å². The molecule has 0 spiro atoms. The van der Waals surface area contributed by atoms with Crippen LogP contribution in [0.4, 0.5) is 5.69 Å². The molecule has 2 saturated heterocycles. The summed E-state index contributed by atoms with van der Waals surface area (Å²) in [6, 6.07) is 5.93. The van der Waals surface area contributed by atoms with Crippen LogP contribution in [0.1, 0.15) is 37.3 Å². The molecule has 2 unspecified atom stereocenters. The van der Waals surface area contributed by atoms with E-state index in [1.807, 2.05) is 32.0 Å². The van der Waals surface area contributed by atoms with E-state index in [9.17, 15) is 14.4 Å². The molecule has 0 bridgehead atoms. The molecule has 2 aliphatic rings. The van der Waals surface area contributed by atoms with Crippen LogP contribution >= 0.6 is 0 Å². The van der Waals surface area contributed by atoms with Gasteiger partial charge in [-0.15, -0.1) is 0 Å². The Morgan fingerprint density at radius 3 is 2.63 bits per heavy atom. The summed E-state index contributed by atoms with van der Waals surface area (Å²) in [6.45, 7) is 7.63. The lowest BCUT2D eigenvalue weighted by Crippen LogP contribution is -2.45. The molecule has 1 aromatic rings. The van der Waals surface area contributed by atoms with Crippen molar-refractivity contribution in [2.24, 2.45) is 11.8 Å². The summed E-state index contributed by atoms with van der Waals surface area (Å²) >= 11 is 0. The average Bonchev–Trinajstić information content (AvgIpc) is 3.05. The van der Waals surface area contributed by atoms with Crippen LogP contribution in [0.2, 0.25) is 0 Å². The first kappa shape index (κ1) is 19.4. The van der Waals surface area contributed by atoms with E-state index in [0.717, 1.165) is 24.1 Å². The molecular weight excluding hydrogens is 344 g/mol. The van der Waals surface area contributed by atoms with Gasteiger partial charge in [0.05, 0.1) is 18.4 Å². The summed E-state index contributed by atoms with van der Waals surface area (Å²) in [6.07, 6.45) is 1.77. The van der Waals surface area contributed by atoms with Crippen molar-refractivity contribution in [3.63, 3.8) is 0 Å². The Morgan fingerprint density at radius 1 is 1.15 bits per heavy atom. The van der Waals surface area contributed by atoms with E-state index < -0.39 is 0 Å². The number of amides is 2. The number of rotatable bonds is 4. The lowest BCUT2D eigenvalue weighted by molar-refractivity contribution is -0.152. The van der Waals surface area contributed by atoms with E-state index in [2.05, 4.69) is 0 Å². The molecule has 2 aliphatic heterocycles. The Labute approximate surface area is 160 Å². The highest BCUT2D eigenvalue weighted by Crippen LogP contribution is 2.29. The van der Waals surface area contributed by atoms with Gasteiger partial charge in [-0.3, -0.25) is 14.4 Å². The number of carbonyl (C=O) groups is 3. The number of anilines is 1. The van der Waals surface area contributed by atoms with Crippen molar-refractivity contribution >= 4 is 23.5 Å². The monoisotopic (exact) mass is 372 g/mol. The maximum atomic E-state index is 13.0. The average molecular weight is 372 g/mol. The second kappa shape index (κ2) is 8.11. The quantitative estimate of drug-likeness (QED) is 0.762. The van der Waals surface area contributed by atoms with Gasteiger partial charge in [-0.1, -0.05) is 6.07 Å². The minimum atomic E-state index is -0.347. The fourth-order valence-corrected chi connectivity index (χ4v) is 3.90. The van der Waals surface area contributed by atoms with E-state index in [4.69, 9.17) is 4.74 Å². The zero-order valence-electron chi connectivity index (χ0n) is 16.4. The molecule has 2 heterocycles. The van der Waals surface area contributed by atoms with Crippen LogP contribution in [-0.4, -0.2) is 48.9 Å². The van der Waals surface area contributed by atoms with E-state index in [1.165, 1.54) is 5.56 Å². The molecule has 0 radical (unpaired) electrons. The van der Waals surface area contributed by atoms with Gasteiger partial charge < -0.3 is 14.5 Å². The molecule has 2 amide bonds. The third-order valence-electron chi connectivity index (χ3n) is 5.63. The van der Waals surface area contributed by atoms with Gasteiger partial charge in [-0.25, -0.2) is 0 Å². The van der Waals surface area contributed by atoms with Crippen LogP contribution in [0, 0.1) is 25.7 Å². The molecule has 3 rings (SSSR count). The standard InChI is InChI=1S/C21H28N2O4/c1-4-27-21(26)16-6-5-9-22(12-16)20(25)17-11-19(24)23(13-17)18-8-7-14(2)15(3)10-18/h7-8,10,16-17H,4-6,9,11-13H2,1-3H3. The summed E-state index contributed by atoms with van der Waals surface area (Å²) in [5.41, 5.74) is 3.15. The van der Waals surface area contributed by atoms with Gasteiger partial charge >= 0.3 is 5.97 Å². The van der Waals surface area contributed by atoms with E-state index in [-0.39, 0.29) is 36.0 Å². The van der Waals surface area contributed by atoms with Crippen molar-refractivity contribution in [3.05, 3.63) is 29.3 Å². The summed E-state index contributed by atoms with van der Waals surface area (Å²) in [5, 5.41) is 0. The summed E-state index contributed by atoms with van der Waals surface area (Å²) in [4.78, 5) is 40.9. The zero-order valence-corrected chi connectivity index (χ0v) is 16.4. The normalized spacial score (nSPS) is 22.9. The highest BCUT2D eigenvalue weighted by atomic mass is 16.5. The van der Waals surface area contributed by atoms with Crippen molar-refractivity contribution < 1.29 is 19.1 Å². The smallest absolute Gasteiger partial charge is 0.310 e. The number of aryl methyl sites for hydroxylation is 2. The van der Waals surface area contributed by atoms with E-state index >= 15 is 0 Å². The number of nitrogens with zero attached hydrogens (tertiary/aromatic N) is 2. The molecule has 146 valence electrons. The van der Waals surface area contributed by atoms with Gasteiger partial charge in [-0.05, 0) is 56.9 Å². The molecule has 0 saturated carbocycles. The lowest BCUT2D eigenvalue weighted by Gasteiger charge is -2.33. The Kier molecular flexibility index (Phi) is 5.82. The van der Waals surface area contributed by atoms with Crippen molar-refractivity contribution in [1.82, 2.24) is 4.90 Å². The number of ether oxygens (including phenoxy) is 1. The number of hydrogen-bond donors (Lipinski definition) is 0. The maximum absolute atomic E-state index is 13.0. The van der Waals surface area contributed by atoms with Crippen LogP contribution in [0.25, 0.3) is 0 Å². The third kappa shape index (κ3) is 4.15. The second-order valence-corrected chi connectivity index (χ2v) is 7.55. The molecule has 27 heavy (non-hydrogen) atoms. The molecule has 6 heteroatoms. The van der Waals surface area contributed by atoms with Gasteiger partial charge in [0, 0.05) is 31.7 Å². The highest BCUT2D eigenvalue weighted by Gasteiger charge is 2.39. The molecule has 0 N–H and O–H groups in total. The van der Waals surface area contributed by atoms with Crippen molar-refractivity contribution in [2.45, 2.75) is 40.0 Å². The number of esters is 1. The van der Waals surface area contributed by atoms with Crippen molar-refractivity contribution in [2.75, 3.05) is 31.1 Å². The van der Waals surface area contributed by atoms with E-state index in [1.54, 1.807) is 16.7 Å².